The van der Waals surface area contributed by atoms with Gasteiger partial charge in [-0.15, -0.1) is 0 Å². The van der Waals surface area contributed by atoms with Crippen LogP contribution >= 0.6 is 23.2 Å². The second kappa shape index (κ2) is 6.55. The van der Waals surface area contributed by atoms with E-state index in [-0.39, 0.29) is 34.8 Å². The molecule has 2 N–H and O–H groups in total. The number of carbonyl (C=O) groups is 1. The number of benzene rings is 2. The van der Waals surface area contributed by atoms with Crippen molar-refractivity contribution in [2.45, 2.75) is 18.4 Å². The summed E-state index contributed by atoms with van der Waals surface area (Å²) in [5, 5.41) is 25.4. The first kappa shape index (κ1) is 17.8. The molecule has 27 heavy (non-hydrogen) atoms. The summed E-state index contributed by atoms with van der Waals surface area (Å²) in [7, 11) is 0. The van der Waals surface area contributed by atoms with Gasteiger partial charge in [0.25, 0.3) is 5.69 Å². The highest BCUT2D eigenvalue weighted by atomic mass is 35.5. The molecule has 6 nitrogen and oxygen atoms in total. The quantitative estimate of drug-likeness (QED) is 0.404. The van der Waals surface area contributed by atoms with Crippen molar-refractivity contribution in [2.24, 2.45) is 5.92 Å². The summed E-state index contributed by atoms with van der Waals surface area (Å²) in [6, 6.07) is 7.42. The van der Waals surface area contributed by atoms with Crippen LogP contribution in [-0.4, -0.2) is 16.0 Å². The molecule has 8 heteroatoms. The standard InChI is InChI=1S/C19H14Cl2N2O4/c20-9-4-5-12(14(21)8-9)17-11-3-1-2-10(11)16-15(23(26)27)7-6-13(19(24)25)18(16)22-17/h1-2,4-8,10-11,17,22H,3H2,(H,24,25)/t10-,11+,17-/m0/s1. The minimum absolute atomic E-state index is 0.00411. The lowest BCUT2D eigenvalue weighted by atomic mass is 9.75. The SMILES string of the molecule is O=C(O)c1ccc([N+](=O)[O-])c2c1N[C@H](c1ccc(Cl)cc1Cl)[C@@H]1CC=C[C@H]21. The van der Waals surface area contributed by atoms with Crippen molar-refractivity contribution in [3.05, 3.63) is 79.3 Å². The molecular weight excluding hydrogens is 391 g/mol. The summed E-state index contributed by atoms with van der Waals surface area (Å²) in [6.45, 7) is 0. The van der Waals surface area contributed by atoms with E-state index in [9.17, 15) is 20.0 Å². The Hall–Kier alpha value is -2.57. The second-order valence-corrected chi connectivity index (χ2v) is 7.47. The largest absolute Gasteiger partial charge is 0.478 e. The van der Waals surface area contributed by atoms with Crippen molar-refractivity contribution in [2.75, 3.05) is 5.32 Å². The van der Waals surface area contributed by atoms with Crippen LogP contribution in [0.15, 0.2) is 42.5 Å². The fourth-order valence-electron chi connectivity index (χ4n) is 4.09. The predicted octanol–water partition coefficient (Wildman–Crippen LogP) is 5.43. The van der Waals surface area contributed by atoms with Crippen molar-refractivity contribution in [3.8, 4) is 0 Å². The molecule has 0 spiro atoms. The molecule has 0 unspecified atom stereocenters. The maximum absolute atomic E-state index is 11.7. The van der Waals surface area contributed by atoms with Gasteiger partial charge in [0.05, 0.1) is 27.8 Å². The van der Waals surface area contributed by atoms with Crippen molar-refractivity contribution in [1.82, 2.24) is 0 Å². The Morgan fingerprint density at radius 3 is 2.70 bits per heavy atom. The Morgan fingerprint density at radius 2 is 2.04 bits per heavy atom. The molecule has 0 saturated carbocycles. The van der Waals surface area contributed by atoms with Gasteiger partial charge in [-0.2, -0.15) is 0 Å². The summed E-state index contributed by atoms with van der Waals surface area (Å²) in [5.74, 6) is -1.42. The molecule has 4 rings (SSSR count). The molecule has 138 valence electrons. The van der Waals surface area contributed by atoms with E-state index in [1.54, 1.807) is 18.2 Å². The molecule has 0 fully saturated rings. The number of anilines is 1. The average molecular weight is 405 g/mol. The van der Waals surface area contributed by atoms with Gasteiger partial charge in [0, 0.05) is 22.0 Å². The molecule has 2 aliphatic rings. The molecule has 1 aliphatic carbocycles. The zero-order valence-corrected chi connectivity index (χ0v) is 15.4. The van der Waals surface area contributed by atoms with Crippen LogP contribution in [0.2, 0.25) is 10.0 Å². The van der Waals surface area contributed by atoms with Gasteiger partial charge in [-0.05, 0) is 36.1 Å². The van der Waals surface area contributed by atoms with Gasteiger partial charge in [0.2, 0.25) is 0 Å². The Balaban J connectivity index is 1.93. The minimum Gasteiger partial charge on any atom is -0.478 e. The van der Waals surface area contributed by atoms with Crippen LogP contribution in [0.25, 0.3) is 0 Å². The third kappa shape index (κ3) is 2.85. The summed E-state index contributed by atoms with van der Waals surface area (Å²) in [4.78, 5) is 22.8. The van der Waals surface area contributed by atoms with Gasteiger partial charge in [-0.1, -0.05) is 41.4 Å². The van der Waals surface area contributed by atoms with E-state index in [1.165, 1.54) is 12.1 Å². The van der Waals surface area contributed by atoms with Gasteiger partial charge >= 0.3 is 5.97 Å². The molecule has 0 amide bonds. The van der Waals surface area contributed by atoms with E-state index in [0.29, 0.717) is 22.0 Å². The normalized spacial score (nSPS) is 22.7. The molecule has 2 aromatic rings. The van der Waals surface area contributed by atoms with Crippen LogP contribution in [0.5, 0.6) is 0 Å². The van der Waals surface area contributed by atoms with Crippen LogP contribution in [0, 0.1) is 16.0 Å². The zero-order chi connectivity index (χ0) is 19.3. The maximum atomic E-state index is 11.7. The Labute approximate surface area is 164 Å². The number of allylic oxidation sites excluding steroid dienone is 2. The smallest absolute Gasteiger partial charge is 0.337 e. The van der Waals surface area contributed by atoms with Gasteiger partial charge in [0.1, 0.15) is 0 Å². The first-order valence-electron chi connectivity index (χ1n) is 8.31. The lowest BCUT2D eigenvalue weighted by molar-refractivity contribution is -0.385. The molecule has 2 aromatic carbocycles. The summed E-state index contributed by atoms with van der Waals surface area (Å²) < 4.78 is 0. The van der Waals surface area contributed by atoms with Crippen LogP contribution in [0.4, 0.5) is 11.4 Å². The number of fused-ring (bicyclic) bond motifs is 3. The highest BCUT2D eigenvalue weighted by Crippen LogP contribution is 2.54. The van der Waals surface area contributed by atoms with Gasteiger partial charge in [-0.25, -0.2) is 4.79 Å². The number of nitrogens with zero attached hydrogens (tertiary/aromatic N) is 1. The summed E-state index contributed by atoms with van der Waals surface area (Å²) in [6.07, 6.45) is 4.59. The lowest BCUT2D eigenvalue weighted by Gasteiger charge is -2.38. The third-order valence-electron chi connectivity index (χ3n) is 5.22. The number of hydrogen-bond donors (Lipinski definition) is 2. The highest BCUT2D eigenvalue weighted by molar-refractivity contribution is 6.35. The first-order chi connectivity index (χ1) is 12.9. The summed E-state index contributed by atoms with van der Waals surface area (Å²) in [5.41, 5.74) is 1.41. The number of halogens is 2. The van der Waals surface area contributed by atoms with E-state index < -0.39 is 10.9 Å². The fraction of sp³-hybridized carbons (Fsp3) is 0.211. The number of carboxylic acid groups (broad SMARTS) is 1. The molecule has 1 aliphatic heterocycles. The van der Waals surface area contributed by atoms with E-state index in [2.05, 4.69) is 5.32 Å². The molecule has 0 radical (unpaired) electrons. The third-order valence-corrected chi connectivity index (χ3v) is 5.78. The van der Waals surface area contributed by atoms with Crippen molar-refractivity contribution in [3.63, 3.8) is 0 Å². The molecule has 3 atom stereocenters. The number of nitro benzene ring substituents is 1. The van der Waals surface area contributed by atoms with Gasteiger partial charge in [0.15, 0.2) is 0 Å². The number of rotatable bonds is 3. The van der Waals surface area contributed by atoms with E-state index in [0.717, 1.165) is 5.56 Å². The number of nitrogens with one attached hydrogen (secondary N) is 1. The monoisotopic (exact) mass is 404 g/mol. The molecule has 1 heterocycles. The van der Waals surface area contributed by atoms with Crippen molar-refractivity contribution < 1.29 is 14.8 Å². The topological polar surface area (TPSA) is 92.5 Å². The Morgan fingerprint density at radius 1 is 1.26 bits per heavy atom. The number of hydrogen-bond acceptors (Lipinski definition) is 4. The fourth-order valence-corrected chi connectivity index (χ4v) is 4.61. The molecule has 0 saturated heterocycles. The molecule has 0 aromatic heterocycles. The molecule has 0 bridgehead atoms. The van der Waals surface area contributed by atoms with Gasteiger partial charge in [-0.3, -0.25) is 10.1 Å². The number of carboxylic acids is 1. The van der Waals surface area contributed by atoms with Crippen LogP contribution in [0.1, 0.15) is 39.9 Å². The lowest BCUT2D eigenvalue weighted by Crippen LogP contribution is -2.31. The highest BCUT2D eigenvalue weighted by Gasteiger charge is 2.43. The predicted molar refractivity (Wildman–Crippen MR) is 103 cm³/mol. The van der Waals surface area contributed by atoms with Crippen molar-refractivity contribution in [1.29, 1.82) is 0 Å². The van der Waals surface area contributed by atoms with Crippen LogP contribution < -0.4 is 5.32 Å². The van der Waals surface area contributed by atoms with E-state index in [4.69, 9.17) is 23.2 Å². The maximum Gasteiger partial charge on any atom is 0.337 e. The van der Waals surface area contributed by atoms with Crippen molar-refractivity contribution >= 4 is 40.5 Å². The summed E-state index contributed by atoms with van der Waals surface area (Å²) >= 11 is 12.4. The van der Waals surface area contributed by atoms with Gasteiger partial charge < -0.3 is 10.4 Å². The Kier molecular flexibility index (Phi) is 4.32. The van der Waals surface area contributed by atoms with E-state index >= 15 is 0 Å². The van der Waals surface area contributed by atoms with E-state index in [1.807, 2.05) is 12.2 Å². The molecular formula is C19H14Cl2N2O4. The zero-order valence-electron chi connectivity index (χ0n) is 13.9. The average Bonchev–Trinajstić information content (AvgIpc) is 3.09. The number of nitro groups is 1. The van der Waals surface area contributed by atoms with Crippen LogP contribution in [0.3, 0.4) is 0 Å². The Bertz CT molecular complexity index is 1010. The first-order valence-corrected chi connectivity index (χ1v) is 9.06. The minimum atomic E-state index is -1.14. The van der Waals surface area contributed by atoms with Crippen LogP contribution in [-0.2, 0) is 0 Å². The second-order valence-electron chi connectivity index (χ2n) is 6.62. The number of aromatic carboxylic acids is 1.